The summed E-state index contributed by atoms with van der Waals surface area (Å²) in [5.74, 6) is -1.60. The highest BCUT2D eigenvalue weighted by atomic mass is 32.2. The molecule has 2 aromatic carbocycles. The van der Waals surface area contributed by atoms with Crippen molar-refractivity contribution in [2.75, 3.05) is 16.8 Å². The van der Waals surface area contributed by atoms with Crippen molar-refractivity contribution in [3.05, 3.63) is 65.7 Å². The molecular weight excluding hydrogens is 352 g/mol. The highest BCUT2D eigenvalue weighted by Gasteiger charge is 2.16. The topological polar surface area (TPSA) is 106 Å². The molecule has 26 heavy (non-hydrogen) atoms. The molecule has 3 N–H and O–H groups in total. The average Bonchev–Trinajstić information content (AvgIpc) is 2.56. The zero-order valence-electron chi connectivity index (χ0n) is 14.4. The van der Waals surface area contributed by atoms with E-state index in [2.05, 4.69) is 5.32 Å². The number of amides is 2. The number of rotatable bonds is 9. The summed E-state index contributed by atoms with van der Waals surface area (Å²) in [4.78, 5) is 22.8. The van der Waals surface area contributed by atoms with Gasteiger partial charge in [-0.1, -0.05) is 42.5 Å². The lowest BCUT2D eigenvalue weighted by atomic mass is 10.1. The fraction of sp³-hybridized carbons (Fsp3) is 0.263. The number of aryl methyl sites for hydroxylation is 1. The van der Waals surface area contributed by atoms with E-state index >= 15 is 0 Å². The van der Waals surface area contributed by atoms with Gasteiger partial charge in [0.15, 0.2) is 9.84 Å². The van der Waals surface area contributed by atoms with Gasteiger partial charge in [0.2, 0.25) is 11.8 Å². The van der Waals surface area contributed by atoms with E-state index < -0.39 is 27.4 Å². The summed E-state index contributed by atoms with van der Waals surface area (Å²) in [6.45, 7) is 0. The lowest BCUT2D eigenvalue weighted by Crippen LogP contribution is -2.25. The molecule has 0 saturated heterocycles. The van der Waals surface area contributed by atoms with Crippen molar-refractivity contribution in [1.29, 1.82) is 0 Å². The molecule has 2 aromatic rings. The quantitative estimate of drug-likeness (QED) is 0.697. The van der Waals surface area contributed by atoms with Crippen molar-refractivity contribution in [1.82, 2.24) is 0 Å². The molecule has 0 atom stereocenters. The third-order valence-corrected chi connectivity index (χ3v) is 5.34. The fourth-order valence-electron chi connectivity index (χ4n) is 2.52. The molecule has 0 spiro atoms. The number of sulfone groups is 1. The van der Waals surface area contributed by atoms with Gasteiger partial charge < -0.3 is 11.1 Å². The van der Waals surface area contributed by atoms with Gasteiger partial charge in [-0.15, -0.1) is 0 Å². The van der Waals surface area contributed by atoms with Gasteiger partial charge in [-0.25, -0.2) is 8.42 Å². The van der Waals surface area contributed by atoms with Crippen LogP contribution in [0.15, 0.2) is 54.6 Å². The Morgan fingerprint density at radius 3 is 2.19 bits per heavy atom. The zero-order valence-corrected chi connectivity index (χ0v) is 15.2. The first kappa shape index (κ1) is 19.7. The maximum Gasteiger partial charge on any atom is 0.239 e. The second-order valence-corrected chi connectivity index (χ2v) is 8.25. The van der Waals surface area contributed by atoms with Crippen LogP contribution >= 0.6 is 0 Å². The highest BCUT2D eigenvalue weighted by molar-refractivity contribution is 7.92. The number of primary amides is 1. The Bertz CT molecular complexity index is 847. The second-order valence-electron chi connectivity index (χ2n) is 6.07. The Kier molecular flexibility index (Phi) is 6.91. The molecule has 0 bridgehead atoms. The Morgan fingerprint density at radius 1 is 0.923 bits per heavy atom. The molecule has 6 nitrogen and oxygen atoms in total. The number of hydrogen-bond acceptors (Lipinski definition) is 4. The minimum atomic E-state index is -3.47. The predicted molar refractivity (Wildman–Crippen MR) is 101 cm³/mol. The Hall–Kier alpha value is -2.67. The number of nitrogens with one attached hydrogen (secondary N) is 1. The highest BCUT2D eigenvalue weighted by Crippen LogP contribution is 2.11. The van der Waals surface area contributed by atoms with Crippen molar-refractivity contribution in [2.45, 2.75) is 19.3 Å². The van der Waals surface area contributed by atoms with Crippen LogP contribution in [0, 0.1) is 0 Å². The maximum absolute atomic E-state index is 12.1. The summed E-state index contributed by atoms with van der Waals surface area (Å²) in [7, 11) is -3.47. The van der Waals surface area contributed by atoms with Crippen LogP contribution in [0.5, 0.6) is 0 Å². The molecule has 0 unspecified atom stereocenters. The van der Waals surface area contributed by atoms with Gasteiger partial charge in [0, 0.05) is 5.69 Å². The molecule has 2 amide bonds. The van der Waals surface area contributed by atoms with Gasteiger partial charge in [0.25, 0.3) is 0 Å². The zero-order chi connectivity index (χ0) is 19.0. The summed E-state index contributed by atoms with van der Waals surface area (Å²) >= 11 is 0. The van der Waals surface area contributed by atoms with E-state index in [1.165, 1.54) is 0 Å². The van der Waals surface area contributed by atoms with E-state index in [1.54, 1.807) is 24.3 Å². The van der Waals surface area contributed by atoms with Crippen LogP contribution in [0.1, 0.15) is 17.5 Å². The minimum absolute atomic E-state index is 0.0349. The van der Waals surface area contributed by atoms with Gasteiger partial charge in [0.05, 0.1) is 12.2 Å². The third kappa shape index (κ3) is 7.06. The van der Waals surface area contributed by atoms with E-state index in [9.17, 15) is 18.0 Å². The molecule has 0 aliphatic rings. The first-order valence-corrected chi connectivity index (χ1v) is 10.1. The molecule has 2 rings (SSSR count). The smallest absolute Gasteiger partial charge is 0.239 e. The maximum atomic E-state index is 12.1. The molecule has 0 heterocycles. The van der Waals surface area contributed by atoms with Gasteiger partial charge in [-0.3, -0.25) is 9.59 Å². The van der Waals surface area contributed by atoms with Crippen molar-refractivity contribution in [2.24, 2.45) is 5.73 Å². The van der Waals surface area contributed by atoms with Crippen LogP contribution in [-0.4, -0.2) is 31.7 Å². The van der Waals surface area contributed by atoms with Crippen LogP contribution in [0.25, 0.3) is 0 Å². The molecular formula is C19H22N2O4S. The standard InChI is InChI=1S/C19H22N2O4S/c20-18(22)13-16-8-10-17(11-9-16)21-19(23)14-26(24,25)12-4-7-15-5-2-1-3-6-15/h1-3,5-6,8-11H,4,7,12-14H2,(H2,20,22)(H,21,23). The number of benzene rings is 2. The second kappa shape index (κ2) is 9.15. The Labute approximate surface area is 153 Å². The van der Waals surface area contributed by atoms with Crippen molar-refractivity contribution < 1.29 is 18.0 Å². The largest absolute Gasteiger partial charge is 0.369 e. The Balaban J connectivity index is 1.81. The van der Waals surface area contributed by atoms with E-state index in [0.717, 1.165) is 11.1 Å². The summed E-state index contributed by atoms with van der Waals surface area (Å²) in [5.41, 5.74) is 7.39. The average molecular weight is 374 g/mol. The van der Waals surface area contributed by atoms with Gasteiger partial charge in [0.1, 0.15) is 5.75 Å². The van der Waals surface area contributed by atoms with E-state index in [0.29, 0.717) is 18.5 Å². The molecule has 0 aromatic heterocycles. The van der Waals surface area contributed by atoms with E-state index in [1.807, 2.05) is 30.3 Å². The number of hydrogen-bond donors (Lipinski definition) is 2. The lowest BCUT2D eigenvalue weighted by molar-refractivity contribution is -0.117. The number of carbonyl (C=O) groups is 2. The lowest BCUT2D eigenvalue weighted by Gasteiger charge is -2.07. The van der Waals surface area contributed by atoms with Gasteiger partial charge >= 0.3 is 0 Å². The molecule has 7 heteroatoms. The van der Waals surface area contributed by atoms with Crippen LogP contribution in [-0.2, 0) is 32.3 Å². The predicted octanol–water partition coefficient (Wildman–Crippen LogP) is 1.70. The third-order valence-electron chi connectivity index (χ3n) is 3.73. The summed E-state index contributed by atoms with van der Waals surface area (Å²) < 4.78 is 24.2. The normalized spacial score (nSPS) is 11.1. The number of anilines is 1. The molecule has 0 radical (unpaired) electrons. The van der Waals surface area contributed by atoms with E-state index in [4.69, 9.17) is 5.73 Å². The van der Waals surface area contributed by atoms with Crippen LogP contribution in [0.2, 0.25) is 0 Å². The van der Waals surface area contributed by atoms with Crippen LogP contribution in [0.4, 0.5) is 5.69 Å². The number of nitrogens with two attached hydrogens (primary N) is 1. The van der Waals surface area contributed by atoms with Crippen molar-refractivity contribution in [3.63, 3.8) is 0 Å². The monoisotopic (exact) mass is 374 g/mol. The molecule has 0 saturated carbocycles. The van der Waals surface area contributed by atoms with Gasteiger partial charge in [-0.05, 0) is 36.1 Å². The summed E-state index contributed by atoms with van der Waals surface area (Å²) in [5, 5.41) is 2.55. The summed E-state index contributed by atoms with van der Waals surface area (Å²) in [6, 6.07) is 16.2. The Morgan fingerprint density at radius 2 is 1.58 bits per heavy atom. The molecule has 138 valence electrons. The molecule has 0 aliphatic carbocycles. The minimum Gasteiger partial charge on any atom is -0.369 e. The molecule has 0 aliphatic heterocycles. The first-order valence-electron chi connectivity index (χ1n) is 8.25. The SMILES string of the molecule is NC(=O)Cc1ccc(NC(=O)CS(=O)(=O)CCCc2ccccc2)cc1. The van der Waals surface area contributed by atoms with Crippen LogP contribution in [0.3, 0.4) is 0 Å². The van der Waals surface area contributed by atoms with Crippen molar-refractivity contribution >= 4 is 27.3 Å². The first-order chi connectivity index (χ1) is 12.3. The van der Waals surface area contributed by atoms with Crippen molar-refractivity contribution in [3.8, 4) is 0 Å². The number of carbonyl (C=O) groups excluding carboxylic acids is 2. The fourth-order valence-corrected chi connectivity index (χ4v) is 3.72. The van der Waals surface area contributed by atoms with Crippen LogP contribution < -0.4 is 11.1 Å². The van der Waals surface area contributed by atoms with Gasteiger partial charge in [-0.2, -0.15) is 0 Å². The molecule has 0 fully saturated rings. The van der Waals surface area contributed by atoms with E-state index in [-0.39, 0.29) is 12.2 Å². The summed E-state index contributed by atoms with van der Waals surface area (Å²) in [6.07, 6.45) is 1.24.